The SMILES string of the molecule is CCOC(=O)CN(c1ccc(C(C)C)cc1)S(=O)(=O)c1ccc(OCC)cc1. The van der Waals surface area contributed by atoms with Crippen LogP contribution in [0.1, 0.15) is 39.2 Å². The van der Waals surface area contributed by atoms with E-state index in [1.807, 2.05) is 19.1 Å². The molecule has 0 spiro atoms. The van der Waals surface area contributed by atoms with E-state index in [9.17, 15) is 13.2 Å². The molecule has 0 N–H and O–H groups in total. The lowest BCUT2D eigenvalue weighted by Gasteiger charge is -2.24. The molecule has 7 heteroatoms. The highest BCUT2D eigenvalue weighted by molar-refractivity contribution is 7.92. The van der Waals surface area contributed by atoms with E-state index in [0.717, 1.165) is 9.87 Å². The Kier molecular flexibility index (Phi) is 7.45. The van der Waals surface area contributed by atoms with Gasteiger partial charge in [0.15, 0.2) is 0 Å². The number of hydrogen-bond donors (Lipinski definition) is 0. The summed E-state index contributed by atoms with van der Waals surface area (Å²) >= 11 is 0. The highest BCUT2D eigenvalue weighted by atomic mass is 32.2. The average Bonchev–Trinajstić information content (AvgIpc) is 2.67. The molecule has 0 bridgehead atoms. The van der Waals surface area contributed by atoms with Gasteiger partial charge in [-0.1, -0.05) is 26.0 Å². The van der Waals surface area contributed by atoms with Crippen LogP contribution in [0.5, 0.6) is 5.75 Å². The molecule has 0 radical (unpaired) electrons. The van der Waals surface area contributed by atoms with Crippen LogP contribution < -0.4 is 9.04 Å². The van der Waals surface area contributed by atoms with Crippen LogP contribution in [0.15, 0.2) is 53.4 Å². The number of carbonyl (C=O) groups is 1. The maximum absolute atomic E-state index is 13.2. The van der Waals surface area contributed by atoms with Crippen molar-refractivity contribution in [3.8, 4) is 5.75 Å². The van der Waals surface area contributed by atoms with Gasteiger partial charge in [0, 0.05) is 0 Å². The Morgan fingerprint density at radius 3 is 2.07 bits per heavy atom. The van der Waals surface area contributed by atoms with Gasteiger partial charge in [-0.3, -0.25) is 9.10 Å². The molecular formula is C21H27NO5S. The Bertz CT molecular complexity index is 874. The zero-order valence-electron chi connectivity index (χ0n) is 16.7. The first-order valence-corrected chi connectivity index (χ1v) is 10.7. The Balaban J connectivity index is 2.42. The summed E-state index contributed by atoms with van der Waals surface area (Å²) < 4.78 is 37.9. The summed E-state index contributed by atoms with van der Waals surface area (Å²) in [5, 5.41) is 0. The number of carbonyl (C=O) groups excluding carboxylic acids is 1. The lowest BCUT2D eigenvalue weighted by molar-refractivity contribution is -0.141. The minimum absolute atomic E-state index is 0.0770. The Morgan fingerprint density at radius 1 is 0.964 bits per heavy atom. The summed E-state index contributed by atoms with van der Waals surface area (Å²) in [4.78, 5) is 12.1. The first-order valence-electron chi connectivity index (χ1n) is 9.30. The van der Waals surface area contributed by atoms with Crippen molar-refractivity contribution < 1.29 is 22.7 Å². The van der Waals surface area contributed by atoms with E-state index in [1.54, 1.807) is 31.2 Å². The van der Waals surface area contributed by atoms with Gasteiger partial charge in [-0.15, -0.1) is 0 Å². The van der Waals surface area contributed by atoms with Gasteiger partial charge in [0.05, 0.1) is 23.8 Å². The van der Waals surface area contributed by atoms with Crippen LogP contribution in [0.3, 0.4) is 0 Å². The van der Waals surface area contributed by atoms with Crippen LogP contribution in [-0.2, 0) is 19.6 Å². The lowest BCUT2D eigenvalue weighted by atomic mass is 10.0. The molecule has 0 amide bonds. The molecule has 152 valence electrons. The van der Waals surface area contributed by atoms with Gasteiger partial charge in [0.2, 0.25) is 0 Å². The van der Waals surface area contributed by atoms with Crippen LogP contribution in [0.2, 0.25) is 0 Å². The summed E-state index contributed by atoms with van der Waals surface area (Å²) in [5.74, 6) is 0.292. The normalized spacial score (nSPS) is 11.3. The number of ether oxygens (including phenoxy) is 2. The van der Waals surface area contributed by atoms with Crippen LogP contribution in [0.4, 0.5) is 5.69 Å². The molecule has 0 aromatic heterocycles. The van der Waals surface area contributed by atoms with Crippen LogP contribution in [0.25, 0.3) is 0 Å². The third kappa shape index (κ3) is 5.25. The smallest absolute Gasteiger partial charge is 0.326 e. The predicted molar refractivity (Wildman–Crippen MR) is 109 cm³/mol. The van der Waals surface area contributed by atoms with E-state index < -0.39 is 22.5 Å². The highest BCUT2D eigenvalue weighted by Crippen LogP contribution is 2.27. The fraction of sp³-hybridized carbons (Fsp3) is 0.381. The average molecular weight is 406 g/mol. The molecule has 28 heavy (non-hydrogen) atoms. The summed E-state index contributed by atoms with van der Waals surface area (Å²) in [5.41, 5.74) is 1.49. The number of anilines is 1. The molecular weight excluding hydrogens is 378 g/mol. The van der Waals surface area contributed by atoms with E-state index in [-0.39, 0.29) is 11.5 Å². The first kappa shape index (κ1) is 21.8. The minimum Gasteiger partial charge on any atom is -0.494 e. The number of hydrogen-bond acceptors (Lipinski definition) is 5. The van der Waals surface area contributed by atoms with Gasteiger partial charge in [-0.2, -0.15) is 0 Å². The second kappa shape index (κ2) is 9.59. The second-order valence-electron chi connectivity index (χ2n) is 6.47. The van der Waals surface area contributed by atoms with Crippen molar-refractivity contribution in [3.05, 3.63) is 54.1 Å². The molecule has 0 unspecified atom stereocenters. The molecule has 2 aromatic carbocycles. The monoisotopic (exact) mass is 405 g/mol. The molecule has 0 saturated carbocycles. The molecule has 0 aliphatic carbocycles. The van der Waals surface area contributed by atoms with Crippen molar-refractivity contribution in [2.24, 2.45) is 0 Å². The van der Waals surface area contributed by atoms with Gasteiger partial charge < -0.3 is 9.47 Å². The topological polar surface area (TPSA) is 72.9 Å². The molecule has 0 atom stereocenters. The van der Waals surface area contributed by atoms with Gasteiger partial charge in [-0.05, 0) is 61.7 Å². The number of rotatable bonds is 9. The minimum atomic E-state index is -3.96. The molecule has 0 fully saturated rings. The Hall–Kier alpha value is -2.54. The Morgan fingerprint density at radius 2 is 1.57 bits per heavy atom. The van der Waals surface area contributed by atoms with E-state index >= 15 is 0 Å². The van der Waals surface area contributed by atoms with E-state index in [0.29, 0.717) is 24.0 Å². The zero-order chi connectivity index (χ0) is 20.7. The number of nitrogens with zero attached hydrogens (tertiary/aromatic N) is 1. The van der Waals surface area contributed by atoms with E-state index in [2.05, 4.69) is 13.8 Å². The van der Waals surface area contributed by atoms with Gasteiger partial charge >= 0.3 is 5.97 Å². The number of esters is 1. The van der Waals surface area contributed by atoms with E-state index in [4.69, 9.17) is 9.47 Å². The zero-order valence-corrected chi connectivity index (χ0v) is 17.5. The van der Waals surface area contributed by atoms with Crippen molar-refractivity contribution in [2.75, 3.05) is 24.1 Å². The molecule has 0 aliphatic heterocycles. The first-order chi connectivity index (χ1) is 13.3. The standard InChI is InChI=1S/C21H27NO5S/c1-5-26-19-11-13-20(14-12-19)28(24,25)22(15-21(23)27-6-2)18-9-7-17(8-10-18)16(3)4/h7-14,16H,5-6,15H2,1-4H3. The van der Waals surface area contributed by atoms with Crippen LogP contribution >= 0.6 is 0 Å². The lowest BCUT2D eigenvalue weighted by Crippen LogP contribution is -2.36. The largest absolute Gasteiger partial charge is 0.494 e. The molecule has 0 aliphatic rings. The molecule has 0 heterocycles. The fourth-order valence-electron chi connectivity index (χ4n) is 2.67. The summed E-state index contributed by atoms with van der Waals surface area (Å²) in [6.07, 6.45) is 0. The summed E-state index contributed by atoms with van der Waals surface area (Å²) in [6, 6.07) is 13.3. The van der Waals surface area contributed by atoms with Gasteiger partial charge in [0.25, 0.3) is 10.0 Å². The fourth-order valence-corrected chi connectivity index (χ4v) is 4.08. The third-order valence-electron chi connectivity index (χ3n) is 4.15. The van der Waals surface area contributed by atoms with Gasteiger partial charge in [0.1, 0.15) is 12.3 Å². The molecule has 0 saturated heterocycles. The maximum atomic E-state index is 13.2. The third-order valence-corrected chi connectivity index (χ3v) is 5.94. The van der Waals surface area contributed by atoms with Crippen LogP contribution in [0, 0.1) is 0 Å². The van der Waals surface area contributed by atoms with Gasteiger partial charge in [-0.25, -0.2) is 8.42 Å². The van der Waals surface area contributed by atoms with Crippen LogP contribution in [-0.4, -0.2) is 34.1 Å². The van der Waals surface area contributed by atoms with Crippen molar-refractivity contribution in [1.29, 1.82) is 0 Å². The van der Waals surface area contributed by atoms with Crippen molar-refractivity contribution in [1.82, 2.24) is 0 Å². The molecule has 2 rings (SSSR count). The van der Waals surface area contributed by atoms with Crippen molar-refractivity contribution >= 4 is 21.7 Å². The summed E-state index contributed by atoms with van der Waals surface area (Å²) in [6.45, 7) is 7.92. The van der Waals surface area contributed by atoms with Crippen molar-refractivity contribution in [2.45, 2.75) is 38.5 Å². The number of benzene rings is 2. The predicted octanol–water partition coefficient (Wildman–Crippen LogP) is 3.97. The van der Waals surface area contributed by atoms with E-state index in [1.165, 1.54) is 12.1 Å². The molecule has 2 aromatic rings. The molecule has 6 nitrogen and oxygen atoms in total. The Labute approximate surface area is 167 Å². The summed E-state index contributed by atoms with van der Waals surface area (Å²) in [7, 11) is -3.96. The maximum Gasteiger partial charge on any atom is 0.326 e. The number of sulfonamides is 1. The van der Waals surface area contributed by atoms with Crippen molar-refractivity contribution in [3.63, 3.8) is 0 Å². The highest BCUT2D eigenvalue weighted by Gasteiger charge is 2.28. The quantitative estimate of drug-likeness (QED) is 0.590. The second-order valence-corrected chi connectivity index (χ2v) is 8.33.